The highest BCUT2D eigenvalue weighted by Crippen LogP contribution is 2.31. The maximum atomic E-state index is 10.9. The average molecular weight is 685 g/mol. The Morgan fingerprint density at radius 3 is 1.63 bits per heavy atom. The van der Waals surface area contributed by atoms with Gasteiger partial charge in [-0.05, 0) is 85.5 Å². The zero-order valence-corrected chi connectivity index (χ0v) is 29.3. The molecule has 2 N–H and O–H groups in total. The van der Waals surface area contributed by atoms with Crippen LogP contribution in [0.4, 0.5) is 17.1 Å². The van der Waals surface area contributed by atoms with Crippen LogP contribution in [0.25, 0.3) is 4.98 Å². The van der Waals surface area contributed by atoms with E-state index in [1.54, 1.807) is 52.3 Å². The second-order valence-corrected chi connectivity index (χ2v) is 12.3. The minimum Gasteiger partial charge on any atom is -0.489 e. The van der Waals surface area contributed by atoms with Crippen molar-refractivity contribution in [2.75, 3.05) is 26.6 Å². The largest absolute Gasteiger partial charge is 0.489 e. The van der Waals surface area contributed by atoms with Gasteiger partial charge in [-0.1, -0.05) is 60.2 Å². The molecule has 5 aromatic carbocycles. The van der Waals surface area contributed by atoms with Crippen LogP contribution in [0.2, 0.25) is 0 Å². The van der Waals surface area contributed by atoms with Crippen molar-refractivity contribution in [2.24, 2.45) is 0 Å². The van der Waals surface area contributed by atoms with Crippen LogP contribution in [0.5, 0.6) is 17.2 Å². The topological polar surface area (TPSA) is 131 Å². The lowest BCUT2D eigenvalue weighted by Gasteiger charge is -2.07. The molecule has 49 heavy (non-hydrogen) atoms. The van der Waals surface area contributed by atoms with Gasteiger partial charge in [0.05, 0.1) is 25.2 Å². The average Bonchev–Trinajstić information content (AvgIpc) is 3.07. The zero-order chi connectivity index (χ0) is 35.8. The zero-order valence-electron chi connectivity index (χ0n) is 28.5. The molecule has 0 spiro atoms. The number of nitrogens with one attached hydrogen (secondary N) is 1. The lowest BCUT2D eigenvalue weighted by molar-refractivity contribution is 0.185. The summed E-state index contributed by atoms with van der Waals surface area (Å²) >= 11 is 0. The van der Waals surface area contributed by atoms with E-state index < -0.39 is 10.1 Å². The maximum Gasteiger partial charge on any atom is 0.426 e. The van der Waals surface area contributed by atoms with Crippen molar-refractivity contribution >= 4 is 27.2 Å². The van der Waals surface area contributed by atoms with E-state index >= 15 is 0 Å². The van der Waals surface area contributed by atoms with Crippen LogP contribution >= 0.6 is 0 Å². The number of hydrogen-bond acceptors (Lipinski definition) is 8. The molecule has 0 aliphatic heterocycles. The number of nitrogens with zero attached hydrogens (tertiary/aromatic N) is 2. The van der Waals surface area contributed by atoms with Crippen LogP contribution in [0.15, 0.2) is 114 Å². The molecule has 10 nitrogen and oxygen atoms in total. The normalized spacial score (nSPS) is 10.4. The predicted molar refractivity (Wildman–Crippen MR) is 192 cm³/mol. The number of para-hydroxylation sites is 1. The van der Waals surface area contributed by atoms with Gasteiger partial charge in [-0.25, -0.2) is 0 Å². The minimum atomic E-state index is -4.08. The number of anilines is 2. The number of rotatable bonds is 10. The predicted octanol–water partition coefficient (Wildman–Crippen LogP) is 9.55. The smallest absolute Gasteiger partial charge is 0.426 e. The molecule has 256 valence electrons. The third-order valence-electron chi connectivity index (χ3n) is 6.92. The SMILES string of the molecule is COCc1ccc(Oc2ccc(COC)cc2)cc1.COc1cc(Nc2ccccc2)ccc1[N+]#N.Cc1cc(C)c(S(=O)(=O)O)c(C)c1. The monoisotopic (exact) mass is 684 g/mol. The molecule has 5 rings (SSSR count). The van der Waals surface area contributed by atoms with Crippen LogP contribution in [-0.2, 0) is 32.8 Å². The van der Waals surface area contributed by atoms with E-state index in [-0.39, 0.29) is 4.90 Å². The first-order valence-corrected chi connectivity index (χ1v) is 16.7. The molecule has 11 heteroatoms. The lowest BCUT2D eigenvalue weighted by Crippen LogP contribution is -2.04. The summed E-state index contributed by atoms with van der Waals surface area (Å²) in [7, 11) is 0.830. The van der Waals surface area contributed by atoms with Gasteiger partial charge in [0, 0.05) is 37.7 Å². The standard InChI is InChI=1S/C16H18O3.C13H12N3O.C9H12O3S/c1-17-11-13-3-7-15(8-4-13)19-16-9-5-14(6-10-16)12-18-2;1-17-13-9-11(7-8-12(13)16-14)15-10-5-3-2-4-6-10;1-6-4-7(2)9(8(3)5-6)13(10,11)12/h3-10H,11-12H2,1-2H3;2-9,15H,1H3;4-5H,1-3H3,(H,10,11,12)/q;+1;. The summed E-state index contributed by atoms with van der Waals surface area (Å²) in [5, 5.41) is 12.0. The van der Waals surface area contributed by atoms with Gasteiger partial charge < -0.3 is 24.3 Å². The quantitative estimate of drug-likeness (QED) is 0.109. The molecule has 0 aliphatic carbocycles. The third-order valence-corrected chi connectivity index (χ3v) is 8.08. The van der Waals surface area contributed by atoms with Crippen molar-refractivity contribution in [3.8, 4) is 17.2 Å². The number of benzene rings is 5. The van der Waals surface area contributed by atoms with Crippen LogP contribution < -0.4 is 14.8 Å². The Labute approximate surface area is 288 Å². The number of methoxy groups -OCH3 is 3. The van der Waals surface area contributed by atoms with Gasteiger partial charge in [-0.2, -0.15) is 8.42 Å². The summed E-state index contributed by atoms with van der Waals surface area (Å²) in [5.41, 5.74) is 6.69. The Balaban J connectivity index is 0.000000203. The Morgan fingerprint density at radius 1 is 0.694 bits per heavy atom. The molecular weight excluding hydrogens is 642 g/mol. The van der Waals surface area contributed by atoms with Crippen molar-refractivity contribution in [3.63, 3.8) is 0 Å². The first-order valence-electron chi connectivity index (χ1n) is 15.2. The van der Waals surface area contributed by atoms with Crippen LogP contribution in [0.1, 0.15) is 27.8 Å². The fourth-order valence-corrected chi connectivity index (χ4v) is 5.81. The highest BCUT2D eigenvalue weighted by Gasteiger charge is 2.16. The molecule has 0 saturated heterocycles. The summed E-state index contributed by atoms with van der Waals surface area (Å²) in [4.78, 5) is 3.16. The Bertz CT molecular complexity index is 1860. The molecule has 5 aromatic rings. The molecule has 0 aromatic heterocycles. The number of aryl methyl sites for hydroxylation is 3. The lowest BCUT2D eigenvalue weighted by atomic mass is 10.1. The van der Waals surface area contributed by atoms with E-state index in [1.807, 2.05) is 91.9 Å². The van der Waals surface area contributed by atoms with E-state index in [0.29, 0.717) is 35.8 Å². The van der Waals surface area contributed by atoms with Gasteiger partial charge in [-0.15, -0.1) is 0 Å². The number of hydrogen-bond donors (Lipinski definition) is 2. The van der Waals surface area contributed by atoms with Crippen molar-refractivity contribution in [1.29, 1.82) is 5.39 Å². The van der Waals surface area contributed by atoms with Gasteiger partial charge in [-0.3, -0.25) is 4.55 Å². The molecule has 0 atom stereocenters. The van der Waals surface area contributed by atoms with Gasteiger partial charge >= 0.3 is 5.69 Å². The summed E-state index contributed by atoms with van der Waals surface area (Å²) in [6.45, 7) is 6.46. The van der Waals surface area contributed by atoms with E-state index in [9.17, 15) is 8.42 Å². The summed E-state index contributed by atoms with van der Waals surface area (Å²) in [6.07, 6.45) is 0. The number of ether oxygens (including phenoxy) is 4. The van der Waals surface area contributed by atoms with Gasteiger partial charge in [0.15, 0.2) is 4.98 Å². The third kappa shape index (κ3) is 12.4. The second kappa shape index (κ2) is 18.9. The highest BCUT2D eigenvalue weighted by molar-refractivity contribution is 7.86. The molecule has 0 amide bonds. The molecule has 0 fully saturated rings. The molecule has 0 saturated carbocycles. The van der Waals surface area contributed by atoms with Crippen LogP contribution in [-0.4, -0.2) is 34.3 Å². The maximum absolute atomic E-state index is 10.9. The Kier molecular flexibility index (Phi) is 14.8. The molecule has 0 unspecified atom stereocenters. The van der Waals surface area contributed by atoms with E-state index in [1.165, 1.54) is 7.11 Å². The Morgan fingerprint density at radius 2 is 1.20 bits per heavy atom. The summed E-state index contributed by atoms with van der Waals surface area (Å²) in [6, 6.07) is 34.3. The summed E-state index contributed by atoms with van der Waals surface area (Å²) < 4.78 is 51.8. The van der Waals surface area contributed by atoms with Gasteiger partial charge in [0.25, 0.3) is 10.1 Å². The molecule has 0 bridgehead atoms. The van der Waals surface area contributed by atoms with Gasteiger partial charge in [0.1, 0.15) is 11.5 Å². The number of diazo groups is 1. The highest BCUT2D eigenvalue weighted by atomic mass is 32.2. The first-order chi connectivity index (χ1) is 23.5. The Hall–Kier alpha value is -5.25. The van der Waals surface area contributed by atoms with E-state index in [4.69, 9.17) is 28.9 Å². The van der Waals surface area contributed by atoms with Crippen molar-refractivity contribution in [3.05, 3.63) is 142 Å². The fourth-order valence-electron chi connectivity index (χ4n) is 4.88. The van der Waals surface area contributed by atoms with Gasteiger partial charge in [0.2, 0.25) is 11.1 Å². The van der Waals surface area contributed by atoms with Crippen molar-refractivity contribution in [2.45, 2.75) is 38.9 Å². The van der Waals surface area contributed by atoms with Crippen molar-refractivity contribution < 1.29 is 31.9 Å². The van der Waals surface area contributed by atoms with Crippen LogP contribution in [0.3, 0.4) is 0 Å². The molecule has 0 radical (unpaired) electrons. The summed E-state index contributed by atoms with van der Waals surface area (Å²) in [5.74, 6) is 2.16. The van der Waals surface area contributed by atoms with E-state index in [0.717, 1.165) is 39.6 Å². The first kappa shape index (κ1) is 38.2. The molecular formula is C38H42N3O7S+. The molecule has 0 heterocycles. The minimum absolute atomic E-state index is 0.0260. The van der Waals surface area contributed by atoms with Crippen LogP contribution in [0, 0.1) is 26.2 Å². The molecule has 0 aliphatic rings. The fraction of sp³-hybridized carbons (Fsp3) is 0.211. The van der Waals surface area contributed by atoms with E-state index in [2.05, 4.69) is 10.3 Å². The van der Waals surface area contributed by atoms with Crippen molar-refractivity contribution in [1.82, 2.24) is 0 Å². The second-order valence-electron chi connectivity index (χ2n) is 10.9.